The highest BCUT2D eigenvalue weighted by Gasteiger charge is 2.17. The van der Waals surface area contributed by atoms with Gasteiger partial charge in [-0.05, 0) is 28.1 Å². The highest BCUT2D eigenvalue weighted by Crippen LogP contribution is 2.15. The zero-order valence-electron chi connectivity index (χ0n) is 6.75. The second-order valence-corrected chi connectivity index (χ2v) is 3.49. The monoisotopic (exact) mass is 250 g/mol. The van der Waals surface area contributed by atoms with Crippen LogP contribution < -0.4 is 5.73 Å². The van der Waals surface area contributed by atoms with E-state index in [2.05, 4.69) is 20.9 Å². The third kappa shape index (κ3) is 3.00. The zero-order valence-corrected chi connectivity index (χ0v) is 8.34. The van der Waals surface area contributed by atoms with E-state index >= 15 is 0 Å². The van der Waals surface area contributed by atoms with Gasteiger partial charge in [0, 0.05) is 17.1 Å². The van der Waals surface area contributed by atoms with Gasteiger partial charge in [0.15, 0.2) is 0 Å². The minimum absolute atomic E-state index is 0.0824. The lowest BCUT2D eigenvalue weighted by Crippen LogP contribution is -2.31. The molecule has 5 heteroatoms. The molecule has 0 amide bonds. The lowest BCUT2D eigenvalue weighted by atomic mass is 10.1. The molecule has 0 aliphatic carbocycles. The molecule has 0 aliphatic rings. The second-order valence-electron chi connectivity index (χ2n) is 2.63. The van der Waals surface area contributed by atoms with Crippen molar-refractivity contribution in [1.82, 2.24) is 4.98 Å². The van der Waals surface area contributed by atoms with Crippen molar-refractivity contribution in [3.8, 4) is 0 Å². The van der Waals surface area contributed by atoms with Gasteiger partial charge in [-0.3, -0.25) is 4.98 Å². The summed E-state index contributed by atoms with van der Waals surface area (Å²) < 4.78 is 24.9. The number of alkyl halides is 2. The molecule has 13 heavy (non-hydrogen) atoms. The smallest absolute Gasteiger partial charge is 0.253 e. The number of nitrogens with zero attached hydrogens (tertiary/aromatic N) is 1. The molecular formula is C8H9BrF2N2. The van der Waals surface area contributed by atoms with Crippen LogP contribution in [-0.2, 0) is 6.42 Å². The molecule has 0 radical (unpaired) electrons. The quantitative estimate of drug-likeness (QED) is 0.892. The Morgan fingerprint density at radius 3 is 2.77 bits per heavy atom. The van der Waals surface area contributed by atoms with Crippen molar-refractivity contribution in [2.45, 2.75) is 18.9 Å². The van der Waals surface area contributed by atoms with Crippen LogP contribution in [0.15, 0.2) is 22.8 Å². The molecule has 72 valence electrons. The lowest BCUT2D eigenvalue weighted by Gasteiger charge is -2.10. The Hall–Kier alpha value is -0.550. The fourth-order valence-corrected chi connectivity index (χ4v) is 1.30. The Labute approximate surface area is 83.3 Å². The molecule has 2 N–H and O–H groups in total. The van der Waals surface area contributed by atoms with Crippen molar-refractivity contribution >= 4 is 15.9 Å². The lowest BCUT2D eigenvalue weighted by molar-refractivity contribution is 0.115. The number of hydrogen-bond acceptors (Lipinski definition) is 2. The molecule has 1 rings (SSSR count). The summed E-state index contributed by atoms with van der Waals surface area (Å²) >= 11 is 3.21. The SMILES string of the molecule is NC(Cc1ncccc1Br)C(F)F. The summed E-state index contributed by atoms with van der Waals surface area (Å²) in [6.45, 7) is 0. The summed E-state index contributed by atoms with van der Waals surface area (Å²) in [5.74, 6) is 0. The topological polar surface area (TPSA) is 38.9 Å². The van der Waals surface area contributed by atoms with Gasteiger partial charge in [0.05, 0.1) is 11.7 Å². The highest BCUT2D eigenvalue weighted by atomic mass is 79.9. The van der Waals surface area contributed by atoms with Crippen LogP contribution in [0.5, 0.6) is 0 Å². The maximum atomic E-state index is 12.1. The molecule has 0 fully saturated rings. The number of aromatic nitrogens is 1. The van der Waals surface area contributed by atoms with Gasteiger partial charge in [-0.2, -0.15) is 0 Å². The standard InChI is InChI=1S/C8H9BrF2N2/c9-5-2-1-3-13-7(5)4-6(12)8(10)11/h1-3,6,8H,4,12H2. The molecule has 1 heterocycles. The van der Waals surface area contributed by atoms with Gasteiger partial charge in [-0.25, -0.2) is 8.78 Å². The van der Waals surface area contributed by atoms with Gasteiger partial charge < -0.3 is 5.73 Å². The van der Waals surface area contributed by atoms with Crippen molar-refractivity contribution in [3.63, 3.8) is 0 Å². The van der Waals surface area contributed by atoms with E-state index < -0.39 is 12.5 Å². The molecule has 0 saturated carbocycles. The summed E-state index contributed by atoms with van der Waals surface area (Å²) in [4.78, 5) is 3.94. The first-order valence-electron chi connectivity index (χ1n) is 3.74. The average Bonchev–Trinajstić information content (AvgIpc) is 2.08. The highest BCUT2D eigenvalue weighted by molar-refractivity contribution is 9.10. The van der Waals surface area contributed by atoms with Crippen LogP contribution in [0.2, 0.25) is 0 Å². The van der Waals surface area contributed by atoms with E-state index in [9.17, 15) is 8.78 Å². The minimum atomic E-state index is -2.51. The van der Waals surface area contributed by atoms with E-state index in [1.807, 2.05) is 0 Å². The minimum Gasteiger partial charge on any atom is -0.323 e. The molecule has 2 nitrogen and oxygen atoms in total. The van der Waals surface area contributed by atoms with Crippen LogP contribution >= 0.6 is 15.9 Å². The maximum absolute atomic E-state index is 12.1. The van der Waals surface area contributed by atoms with Crippen LogP contribution in [-0.4, -0.2) is 17.5 Å². The molecule has 1 aromatic heterocycles. The first kappa shape index (κ1) is 10.5. The zero-order chi connectivity index (χ0) is 9.84. The number of halogens is 3. The summed E-state index contributed by atoms with van der Waals surface area (Å²) in [6, 6.07) is 2.33. The number of pyridine rings is 1. The van der Waals surface area contributed by atoms with Gasteiger partial charge in [-0.15, -0.1) is 0 Å². The van der Waals surface area contributed by atoms with Crippen LogP contribution in [0.1, 0.15) is 5.69 Å². The van der Waals surface area contributed by atoms with Gasteiger partial charge >= 0.3 is 0 Å². The summed E-state index contributed by atoms with van der Waals surface area (Å²) in [5, 5.41) is 0. The molecule has 0 spiro atoms. The van der Waals surface area contributed by atoms with E-state index in [1.54, 1.807) is 18.3 Å². The predicted molar refractivity (Wildman–Crippen MR) is 49.6 cm³/mol. The predicted octanol–water partition coefficient (Wildman–Crippen LogP) is 1.98. The van der Waals surface area contributed by atoms with E-state index in [-0.39, 0.29) is 6.42 Å². The third-order valence-corrected chi connectivity index (χ3v) is 2.31. The van der Waals surface area contributed by atoms with Gasteiger partial charge in [0.2, 0.25) is 0 Å². The Bertz CT molecular complexity index is 281. The molecule has 0 saturated heterocycles. The summed E-state index contributed by atoms with van der Waals surface area (Å²) in [7, 11) is 0. The van der Waals surface area contributed by atoms with E-state index in [4.69, 9.17) is 5.73 Å². The van der Waals surface area contributed by atoms with E-state index in [1.165, 1.54) is 0 Å². The fraction of sp³-hybridized carbons (Fsp3) is 0.375. The van der Waals surface area contributed by atoms with Gasteiger partial charge in [0.1, 0.15) is 0 Å². The molecule has 1 aromatic rings. The molecule has 0 aromatic carbocycles. The number of rotatable bonds is 3. The third-order valence-electron chi connectivity index (χ3n) is 1.59. The van der Waals surface area contributed by atoms with Crippen molar-refractivity contribution in [2.24, 2.45) is 5.73 Å². The summed E-state index contributed by atoms with van der Waals surface area (Å²) in [6.07, 6.45) is -0.869. The van der Waals surface area contributed by atoms with Crippen LogP contribution in [0, 0.1) is 0 Å². The van der Waals surface area contributed by atoms with E-state index in [0.29, 0.717) is 10.2 Å². The molecule has 0 bridgehead atoms. The van der Waals surface area contributed by atoms with Crippen molar-refractivity contribution in [2.75, 3.05) is 0 Å². The normalized spacial score (nSPS) is 13.3. The first-order valence-corrected chi connectivity index (χ1v) is 4.53. The van der Waals surface area contributed by atoms with Crippen molar-refractivity contribution in [1.29, 1.82) is 0 Å². The maximum Gasteiger partial charge on any atom is 0.253 e. The van der Waals surface area contributed by atoms with Crippen molar-refractivity contribution < 1.29 is 8.78 Å². The molecule has 0 aliphatic heterocycles. The van der Waals surface area contributed by atoms with Crippen LogP contribution in [0.25, 0.3) is 0 Å². The Balaban J connectivity index is 2.69. The average molecular weight is 251 g/mol. The molecular weight excluding hydrogens is 242 g/mol. The Morgan fingerprint density at radius 1 is 1.54 bits per heavy atom. The van der Waals surface area contributed by atoms with Crippen LogP contribution in [0.3, 0.4) is 0 Å². The number of hydrogen-bond donors (Lipinski definition) is 1. The fourth-order valence-electron chi connectivity index (χ4n) is 0.881. The Morgan fingerprint density at radius 2 is 2.23 bits per heavy atom. The largest absolute Gasteiger partial charge is 0.323 e. The number of nitrogens with two attached hydrogens (primary N) is 1. The van der Waals surface area contributed by atoms with Gasteiger partial charge in [-0.1, -0.05) is 0 Å². The Kier molecular flexibility index (Phi) is 3.74. The van der Waals surface area contributed by atoms with E-state index in [0.717, 1.165) is 0 Å². The molecule has 1 atom stereocenters. The summed E-state index contributed by atoms with van der Waals surface area (Å²) in [5.41, 5.74) is 5.77. The molecule has 1 unspecified atom stereocenters. The second kappa shape index (κ2) is 4.62. The van der Waals surface area contributed by atoms with Crippen LogP contribution in [0.4, 0.5) is 8.78 Å². The van der Waals surface area contributed by atoms with Crippen molar-refractivity contribution in [3.05, 3.63) is 28.5 Å². The van der Waals surface area contributed by atoms with Gasteiger partial charge in [0.25, 0.3) is 6.43 Å². The first-order chi connectivity index (χ1) is 6.11.